The number of ether oxygens (including phenoxy) is 5. The van der Waals surface area contributed by atoms with Gasteiger partial charge in [-0.25, -0.2) is 0 Å². The zero-order valence-electron chi connectivity index (χ0n) is 41.9. The van der Waals surface area contributed by atoms with Crippen LogP contribution in [-0.2, 0) is 77.9 Å². The van der Waals surface area contributed by atoms with Crippen molar-refractivity contribution >= 4 is 44.3 Å². The maximum absolute atomic E-state index is 14.9. The second-order valence-corrected chi connectivity index (χ2v) is 27.1. The van der Waals surface area contributed by atoms with Gasteiger partial charge in [-0.05, 0) is 69.1 Å². The first kappa shape index (κ1) is 57.9. The highest BCUT2D eigenvalue weighted by atomic mass is 28.4. The van der Waals surface area contributed by atoms with Crippen LogP contribution in [0, 0.1) is 29.6 Å². The maximum atomic E-state index is 14.9. The lowest BCUT2D eigenvalue weighted by Gasteiger charge is -2.40. The molecule has 20 heteroatoms. The van der Waals surface area contributed by atoms with Gasteiger partial charge in [0.1, 0.15) is 12.2 Å². The molecular formula is C47H86O17Si3. The van der Waals surface area contributed by atoms with E-state index in [4.69, 9.17) is 63.5 Å². The molecule has 17 nitrogen and oxygen atoms in total. The van der Waals surface area contributed by atoms with Gasteiger partial charge in [-0.1, -0.05) is 70.4 Å². The molecule has 2 saturated heterocycles. The van der Waals surface area contributed by atoms with E-state index in [-0.39, 0.29) is 36.4 Å². The van der Waals surface area contributed by atoms with Crippen LogP contribution in [0.1, 0.15) is 116 Å². The van der Waals surface area contributed by atoms with Crippen LogP contribution in [0.3, 0.4) is 0 Å². The van der Waals surface area contributed by atoms with Gasteiger partial charge in [0, 0.05) is 93.6 Å². The quantitative estimate of drug-likeness (QED) is 0.0253. The van der Waals surface area contributed by atoms with Crippen LogP contribution < -0.4 is 0 Å². The first-order valence-corrected chi connectivity index (χ1v) is 31.0. The third-order valence-corrected chi connectivity index (χ3v) is 21.4. The first-order chi connectivity index (χ1) is 32.5. The smallest absolute Gasteiger partial charge is 0.473 e. The molecule has 0 radical (unpaired) electrons. The van der Waals surface area contributed by atoms with Crippen molar-refractivity contribution in [2.45, 2.75) is 146 Å². The molecule has 6 unspecified atom stereocenters. The van der Waals surface area contributed by atoms with Gasteiger partial charge in [0.15, 0.2) is 0 Å². The molecule has 2 aliphatic carbocycles. The summed E-state index contributed by atoms with van der Waals surface area (Å²) in [5.41, 5.74) is 0. The number of unbranched alkanes of at least 4 members (excludes halogenated alkanes) is 7. The summed E-state index contributed by atoms with van der Waals surface area (Å²) in [6.07, 6.45) is 18.5. The number of allylic oxidation sites excluding steroid dienone is 2. The Morgan fingerprint density at radius 3 is 1.30 bits per heavy atom. The lowest BCUT2D eigenvalue weighted by Crippen LogP contribution is -2.53. The molecule has 1 saturated carbocycles. The third-order valence-electron chi connectivity index (χ3n) is 13.2. The second-order valence-electron chi connectivity index (χ2n) is 18.4. The van der Waals surface area contributed by atoms with Crippen LogP contribution in [0.5, 0.6) is 0 Å². The molecule has 6 atom stereocenters. The molecule has 2 heterocycles. The van der Waals surface area contributed by atoms with Crippen LogP contribution >= 0.6 is 0 Å². The monoisotopic (exact) mass is 1010 g/mol. The van der Waals surface area contributed by atoms with E-state index in [1.54, 1.807) is 0 Å². The van der Waals surface area contributed by atoms with Crippen molar-refractivity contribution in [1.29, 1.82) is 0 Å². The van der Waals surface area contributed by atoms with Gasteiger partial charge in [-0.3, -0.25) is 14.4 Å². The number of rotatable bonds is 42. The van der Waals surface area contributed by atoms with E-state index in [0.29, 0.717) is 109 Å². The fourth-order valence-electron chi connectivity index (χ4n) is 8.64. The summed E-state index contributed by atoms with van der Waals surface area (Å²) in [5, 5.41) is 0. The van der Waals surface area contributed by atoms with E-state index in [1.807, 2.05) is 0 Å². The number of carbonyl (C=O) groups is 3. The highest BCUT2D eigenvalue weighted by molar-refractivity contribution is 6.63. The van der Waals surface area contributed by atoms with Crippen molar-refractivity contribution in [3.63, 3.8) is 0 Å². The van der Waals surface area contributed by atoms with Crippen LogP contribution in [0.4, 0.5) is 0 Å². The molecule has 4 aliphatic rings. The fraction of sp³-hybridized carbons (Fsp3) is 0.894. The van der Waals surface area contributed by atoms with Crippen LogP contribution in [0.25, 0.3) is 0 Å². The van der Waals surface area contributed by atoms with Gasteiger partial charge in [0.25, 0.3) is 17.9 Å². The molecule has 2 aliphatic heterocycles. The SMILES string of the molecule is CCCCCCC1C=CC(CCCCCCCC(=O)O[Si](CCCOCC2CC2)(OC)OC)C(C(=O)O[Si](CCCOCC2CO2)(OC)OC)C1C(=O)O[Si](CCCOCC1CO1)(OC)OC. The minimum Gasteiger partial charge on any atom is -0.473 e. The summed E-state index contributed by atoms with van der Waals surface area (Å²) in [6, 6.07) is 1.21. The van der Waals surface area contributed by atoms with Crippen LogP contribution in [-0.4, -0.2) is 152 Å². The van der Waals surface area contributed by atoms with E-state index in [2.05, 4.69) is 19.1 Å². The molecule has 0 aromatic heterocycles. The average Bonchev–Trinajstić information content (AvgIpc) is 4.18. The van der Waals surface area contributed by atoms with Crippen molar-refractivity contribution in [2.24, 2.45) is 29.6 Å². The Labute approximate surface area is 404 Å². The lowest BCUT2D eigenvalue weighted by molar-refractivity contribution is -0.160. The summed E-state index contributed by atoms with van der Waals surface area (Å²) in [5.74, 6) is -3.02. The van der Waals surface area contributed by atoms with Crippen molar-refractivity contribution < 1.29 is 77.9 Å². The van der Waals surface area contributed by atoms with Crippen molar-refractivity contribution in [3.05, 3.63) is 12.2 Å². The molecule has 0 bridgehead atoms. The van der Waals surface area contributed by atoms with E-state index in [1.165, 1.54) is 55.5 Å². The highest BCUT2D eigenvalue weighted by Crippen LogP contribution is 2.42. The number of hydrogen-bond acceptors (Lipinski definition) is 17. The van der Waals surface area contributed by atoms with Gasteiger partial charge in [-0.15, -0.1) is 0 Å². The van der Waals surface area contributed by atoms with Gasteiger partial charge in [-0.2, -0.15) is 0 Å². The molecular weight excluding hydrogens is 921 g/mol. The van der Waals surface area contributed by atoms with E-state index in [9.17, 15) is 14.4 Å². The zero-order valence-corrected chi connectivity index (χ0v) is 44.9. The van der Waals surface area contributed by atoms with Crippen molar-refractivity contribution in [3.8, 4) is 0 Å². The number of carbonyl (C=O) groups excluding carboxylic acids is 3. The molecule has 0 N–H and O–H groups in total. The predicted molar refractivity (Wildman–Crippen MR) is 255 cm³/mol. The number of epoxide rings is 2. The molecule has 4 rings (SSSR count). The van der Waals surface area contributed by atoms with Crippen LogP contribution in [0.2, 0.25) is 18.1 Å². The Hall–Kier alpha value is -1.64. The summed E-state index contributed by atoms with van der Waals surface area (Å²) in [6.45, 7) is 6.84. The summed E-state index contributed by atoms with van der Waals surface area (Å²) >= 11 is 0. The summed E-state index contributed by atoms with van der Waals surface area (Å²) < 4.78 is 81.4. The minimum atomic E-state index is -3.55. The zero-order chi connectivity index (χ0) is 48.4. The fourth-order valence-corrected chi connectivity index (χ4v) is 14.2. The molecule has 0 amide bonds. The van der Waals surface area contributed by atoms with Crippen molar-refractivity contribution in [2.75, 3.05) is 95.5 Å². The average molecular weight is 1010 g/mol. The topological polar surface area (TPSA) is 187 Å². The Kier molecular flexibility index (Phi) is 27.4. The number of hydrogen-bond donors (Lipinski definition) is 0. The Bertz CT molecular complexity index is 1420. The Morgan fingerprint density at radius 1 is 0.507 bits per heavy atom. The normalized spacial score (nSPS) is 22.7. The molecule has 0 spiro atoms. The summed E-state index contributed by atoms with van der Waals surface area (Å²) in [4.78, 5) is 42.7. The van der Waals surface area contributed by atoms with Gasteiger partial charge in [0.05, 0.1) is 38.3 Å². The van der Waals surface area contributed by atoms with Gasteiger partial charge in [0.2, 0.25) is 0 Å². The second kappa shape index (κ2) is 31.6. The van der Waals surface area contributed by atoms with E-state index in [0.717, 1.165) is 58.0 Å². The Balaban J connectivity index is 1.42. The molecule has 3 fully saturated rings. The molecule has 0 aromatic rings. The van der Waals surface area contributed by atoms with E-state index < -0.39 is 50.2 Å². The first-order valence-electron chi connectivity index (χ1n) is 25.2. The standard InChI is InChI=1S/C47H86O17Si3/c1-8-9-10-14-20-39-25-26-40(21-15-12-11-13-16-22-43(48)62-65(51-2,52-3)30-17-27-57-33-38-23-24-38)45(47(50)64-67(55-6,56-7)32-19-29-59-35-42-37-61-42)44(39)46(49)63-66(53-4,54-5)31-18-28-58-34-41-36-60-41/h25-26,38-42,44-45H,8-24,27-37H2,1-7H3. The van der Waals surface area contributed by atoms with Crippen LogP contribution in [0.15, 0.2) is 12.2 Å². The van der Waals surface area contributed by atoms with E-state index >= 15 is 0 Å². The van der Waals surface area contributed by atoms with Gasteiger partial charge >= 0.3 is 26.4 Å². The molecule has 67 heavy (non-hydrogen) atoms. The minimum absolute atomic E-state index is 0.140. The highest BCUT2D eigenvalue weighted by Gasteiger charge is 2.53. The molecule has 0 aromatic carbocycles. The lowest BCUT2D eigenvalue weighted by atomic mass is 9.67. The predicted octanol–water partition coefficient (Wildman–Crippen LogP) is 7.47. The largest absolute Gasteiger partial charge is 0.567 e. The molecule has 388 valence electrons. The maximum Gasteiger partial charge on any atom is 0.567 e. The third kappa shape index (κ3) is 21.3. The summed E-state index contributed by atoms with van der Waals surface area (Å²) in [7, 11) is -1.12. The Morgan fingerprint density at radius 2 is 0.896 bits per heavy atom. The van der Waals surface area contributed by atoms with Gasteiger partial charge < -0.3 is 63.5 Å². The van der Waals surface area contributed by atoms with Crippen molar-refractivity contribution in [1.82, 2.24) is 0 Å².